The first-order valence-corrected chi connectivity index (χ1v) is 23.3. The van der Waals surface area contributed by atoms with E-state index >= 15 is 0 Å². The Morgan fingerprint density at radius 2 is 0.824 bits per heavy atom. The van der Waals surface area contributed by atoms with Gasteiger partial charge in [0.25, 0.3) is 0 Å². The maximum atomic E-state index is 11.2. The van der Waals surface area contributed by atoms with Gasteiger partial charge in [-0.05, 0) is 147 Å². The number of benzene rings is 8. The highest BCUT2D eigenvalue weighted by Crippen LogP contribution is 2.45. The highest BCUT2D eigenvalue weighted by atomic mass is 14.3. The van der Waals surface area contributed by atoms with Crippen molar-refractivity contribution in [3.05, 3.63) is 240 Å². The summed E-state index contributed by atoms with van der Waals surface area (Å²) in [5.74, 6) is 0. The number of rotatable bonds is 11. The topological polar surface area (TPSA) is 71.4 Å². The van der Waals surface area contributed by atoms with Crippen LogP contribution in [0.25, 0.3) is 89.0 Å². The smallest absolute Gasteiger partial charge is 0.100 e. The Morgan fingerprint density at radius 3 is 1.22 bits per heavy atom. The molecule has 1 aliphatic rings. The number of nitrogens with zero attached hydrogens (tertiary/aromatic N) is 3. The van der Waals surface area contributed by atoms with Crippen molar-refractivity contribution in [3.8, 4) is 96.1 Å². The van der Waals surface area contributed by atoms with Crippen LogP contribution in [0.4, 0.5) is 0 Å². The molecule has 0 aromatic heterocycles. The van der Waals surface area contributed by atoms with Crippen LogP contribution < -0.4 is 0 Å². The monoisotopic (exact) mass is 873 g/mol. The van der Waals surface area contributed by atoms with E-state index in [1.807, 2.05) is 117 Å². The van der Waals surface area contributed by atoms with Gasteiger partial charge in [0.05, 0.1) is 16.7 Å². The van der Waals surface area contributed by atoms with Crippen LogP contribution in [-0.4, -0.2) is 0 Å². The van der Waals surface area contributed by atoms with Crippen molar-refractivity contribution < 1.29 is 0 Å². The molecule has 0 bridgehead atoms. The summed E-state index contributed by atoms with van der Waals surface area (Å²) in [4.78, 5) is 0. The van der Waals surface area contributed by atoms with E-state index in [9.17, 15) is 15.8 Å². The summed E-state index contributed by atoms with van der Waals surface area (Å²) in [5.41, 5.74) is 17.8. The number of hydrogen-bond acceptors (Lipinski definition) is 3. The van der Waals surface area contributed by atoms with E-state index in [-0.39, 0.29) is 0 Å². The molecule has 0 saturated heterocycles. The highest BCUT2D eigenvalue weighted by molar-refractivity contribution is 5.95. The summed E-state index contributed by atoms with van der Waals surface area (Å²) in [6.07, 6.45) is 14.2. The zero-order valence-corrected chi connectivity index (χ0v) is 39.0. The summed E-state index contributed by atoms with van der Waals surface area (Å²) in [6, 6.07) is 67.6. The molecule has 0 unspecified atom stereocenters. The van der Waals surface area contributed by atoms with Crippen LogP contribution in [0.1, 0.15) is 68.4 Å². The van der Waals surface area contributed by atoms with Crippen molar-refractivity contribution in [2.24, 2.45) is 0 Å². The van der Waals surface area contributed by atoms with Crippen LogP contribution in [0.3, 0.4) is 0 Å². The molecule has 0 spiro atoms. The molecular weight excluding hydrogens is 823 g/mol. The lowest BCUT2D eigenvalue weighted by atomic mass is 9.82. The lowest BCUT2D eigenvalue weighted by molar-refractivity contribution is 1.22. The van der Waals surface area contributed by atoms with Crippen LogP contribution in [0.5, 0.6) is 0 Å². The van der Waals surface area contributed by atoms with Gasteiger partial charge in [0.2, 0.25) is 0 Å². The van der Waals surface area contributed by atoms with Gasteiger partial charge in [-0.2, -0.15) is 15.8 Å². The molecule has 8 aromatic carbocycles. The molecular formula is C65H51N3. The lowest BCUT2D eigenvalue weighted by Gasteiger charge is -2.20. The van der Waals surface area contributed by atoms with E-state index in [4.69, 9.17) is 0 Å². The van der Waals surface area contributed by atoms with Crippen molar-refractivity contribution in [1.82, 2.24) is 0 Å². The quantitative estimate of drug-likeness (QED) is 0.122. The minimum atomic E-state index is 0.533. The second-order valence-electron chi connectivity index (χ2n) is 16.4. The summed E-state index contributed by atoms with van der Waals surface area (Å²) in [5, 5.41) is 33.7. The van der Waals surface area contributed by atoms with Gasteiger partial charge in [0.1, 0.15) is 18.2 Å². The van der Waals surface area contributed by atoms with Crippen LogP contribution in [0.2, 0.25) is 0 Å². The van der Waals surface area contributed by atoms with Crippen LogP contribution in [0.15, 0.2) is 212 Å². The van der Waals surface area contributed by atoms with Gasteiger partial charge in [-0.15, -0.1) is 0 Å². The molecule has 68 heavy (non-hydrogen) atoms. The third-order valence-corrected chi connectivity index (χ3v) is 12.3. The first-order chi connectivity index (χ1) is 33.5. The second kappa shape index (κ2) is 21.5. The fourth-order valence-electron chi connectivity index (χ4n) is 8.92. The minimum Gasteiger partial charge on any atom is -0.192 e. The Kier molecular flexibility index (Phi) is 14.4. The van der Waals surface area contributed by atoms with Gasteiger partial charge in [-0.1, -0.05) is 179 Å². The first-order valence-electron chi connectivity index (χ1n) is 23.3. The Balaban J connectivity index is 0.00000308. The van der Waals surface area contributed by atoms with Crippen LogP contribution in [-0.2, 0) is 0 Å². The molecule has 0 heterocycles. The molecule has 0 amide bonds. The first kappa shape index (κ1) is 45.7. The molecule has 0 radical (unpaired) electrons. The van der Waals surface area contributed by atoms with Gasteiger partial charge >= 0.3 is 0 Å². The predicted octanol–water partition coefficient (Wildman–Crippen LogP) is 17.7. The number of hydrogen-bond donors (Lipinski definition) is 0. The van der Waals surface area contributed by atoms with Gasteiger partial charge < -0.3 is 0 Å². The number of allylic oxidation sites excluding steroid dienone is 8. The molecule has 1 aliphatic carbocycles. The normalized spacial score (nSPS) is 11.8. The largest absolute Gasteiger partial charge is 0.192 e. The molecule has 3 nitrogen and oxygen atoms in total. The van der Waals surface area contributed by atoms with Crippen LogP contribution >= 0.6 is 0 Å². The Bertz CT molecular complexity index is 3370. The van der Waals surface area contributed by atoms with Crippen molar-refractivity contribution in [3.63, 3.8) is 0 Å². The van der Waals surface area contributed by atoms with Crippen molar-refractivity contribution in [2.75, 3.05) is 0 Å². The minimum absolute atomic E-state index is 0.533. The van der Waals surface area contributed by atoms with Crippen LogP contribution in [0, 0.1) is 34.0 Å². The Labute approximate surface area is 401 Å². The van der Waals surface area contributed by atoms with Gasteiger partial charge in [-0.25, -0.2) is 0 Å². The summed E-state index contributed by atoms with van der Waals surface area (Å²) in [7, 11) is 0. The third kappa shape index (κ3) is 9.59. The maximum absolute atomic E-state index is 11.2. The highest BCUT2D eigenvalue weighted by Gasteiger charge is 2.23. The summed E-state index contributed by atoms with van der Waals surface area (Å²) < 4.78 is 0. The van der Waals surface area contributed by atoms with E-state index in [1.54, 1.807) is 0 Å². The lowest BCUT2D eigenvalue weighted by Crippen LogP contribution is -1.98. The zero-order chi connectivity index (χ0) is 47.4. The fraction of sp³-hybridized carbons (Fsp3) is 0.0923. The average Bonchev–Trinajstić information content (AvgIpc) is 3.96. The van der Waals surface area contributed by atoms with E-state index < -0.39 is 0 Å². The molecule has 326 valence electrons. The Hall–Kier alpha value is -8.81. The molecule has 3 heteroatoms. The maximum Gasteiger partial charge on any atom is 0.100 e. The SMILES string of the molecule is CC.CC/C=C\C=C(/C)c1cc(-c2ccccc2)c(C#N)c(-c2cc(-c3cc(-c4ccccc4)cc(C4=CC=CC4)c3C#N)cc(-c3cc(-c4ccccc4)cc(-c4ccccc4)c3C#N)c2)c1. The standard InChI is InChI=1S/C63H45N3.C2H6/c1-3-4-9-20-43(2)49-34-55(46-25-14-7-15-26-46)61(40-64)58(35-49)52-31-53(59-38-50(44-21-10-5-11-22-44)36-56(62(59)41-65)47-27-16-8-17-28-47)33-54(32-52)60-39-51(45-23-12-6-13-24-45)37-57(63(60)42-66)48-29-18-19-30-48;1-2/h4-29,31-39H,3,30H2,1-2H3;1-2H3/b9-4-,43-20+;. The van der Waals surface area contributed by atoms with E-state index in [0.717, 1.165) is 113 Å². The molecule has 0 aliphatic heterocycles. The van der Waals surface area contributed by atoms with Gasteiger partial charge in [0, 0.05) is 27.8 Å². The average molecular weight is 874 g/mol. The van der Waals surface area contributed by atoms with Crippen molar-refractivity contribution in [1.29, 1.82) is 15.8 Å². The molecule has 0 fully saturated rings. The van der Waals surface area contributed by atoms with Crippen molar-refractivity contribution >= 4 is 11.1 Å². The predicted molar refractivity (Wildman–Crippen MR) is 285 cm³/mol. The van der Waals surface area contributed by atoms with E-state index in [1.165, 1.54) is 0 Å². The molecule has 9 rings (SSSR count). The van der Waals surface area contributed by atoms with Gasteiger partial charge in [-0.3, -0.25) is 0 Å². The van der Waals surface area contributed by atoms with Crippen molar-refractivity contribution in [2.45, 2.75) is 40.5 Å². The molecule has 0 atom stereocenters. The van der Waals surface area contributed by atoms with E-state index in [0.29, 0.717) is 16.7 Å². The second-order valence-corrected chi connectivity index (χ2v) is 16.4. The summed E-state index contributed by atoms with van der Waals surface area (Å²) in [6.45, 7) is 8.22. The fourth-order valence-corrected chi connectivity index (χ4v) is 8.92. The summed E-state index contributed by atoms with van der Waals surface area (Å²) >= 11 is 0. The van der Waals surface area contributed by atoms with Gasteiger partial charge in [0.15, 0.2) is 0 Å². The Morgan fingerprint density at radius 1 is 0.456 bits per heavy atom. The number of nitriles is 3. The molecule has 0 N–H and O–H groups in total. The molecule has 8 aromatic rings. The van der Waals surface area contributed by atoms with E-state index in [2.05, 4.69) is 141 Å². The molecule has 0 saturated carbocycles. The third-order valence-electron chi connectivity index (χ3n) is 12.3. The zero-order valence-electron chi connectivity index (χ0n) is 39.0.